The number of alkyl halides is 3. The van der Waals surface area contributed by atoms with Crippen molar-refractivity contribution in [3.63, 3.8) is 0 Å². The minimum Gasteiger partial charge on any atom is -0.299 e. The van der Waals surface area contributed by atoms with Crippen LogP contribution in [0.25, 0.3) is 0 Å². The monoisotopic (exact) mass is 280 g/mol. The van der Waals surface area contributed by atoms with Gasteiger partial charge in [0.25, 0.3) is 0 Å². The van der Waals surface area contributed by atoms with Crippen LogP contribution >= 0.6 is 0 Å². The molecule has 0 radical (unpaired) electrons. The van der Waals surface area contributed by atoms with Crippen LogP contribution in [-0.2, 0) is 11.0 Å². The zero-order valence-electron chi connectivity index (χ0n) is 10.5. The van der Waals surface area contributed by atoms with E-state index in [1.807, 2.05) is 6.07 Å². The van der Waals surface area contributed by atoms with Crippen LogP contribution in [-0.4, -0.2) is 11.5 Å². The number of rotatable bonds is 1. The van der Waals surface area contributed by atoms with Crippen molar-refractivity contribution in [1.29, 1.82) is 5.26 Å². The van der Waals surface area contributed by atoms with Crippen LogP contribution in [0.1, 0.15) is 36.8 Å². The van der Waals surface area contributed by atoms with Gasteiger partial charge in [-0.05, 0) is 31.0 Å². The summed E-state index contributed by atoms with van der Waals surface area (Å²) in [6.45, 7) is 0. The number of carbonyl (C=O) groups is 1. The highest BCUT2D eigenvalue weighted by Crippen LogP contribution is 2.33. The average molecular weight is 280 g/mol. The van der Waals surface area contributed by atoms with E-state index in [1.165, 1.54) is 0 Å². The van der Waals surface area contributed by atoms with Gasteiger partial charge in [-0.3, -0.25) is 9.79 Å². The molecule has 0 heterocycles. The molecule has 1 aromatic rings. The van der Waals surface area contributed by atoms with Gasteiger partial charge in [0.2, 0.25) is 0 Å². The Labute approximate surface area is 113 Å². The van der Waals surface area contributed by atoms with Crippen LogP contribution in [0, 0.1) is 11.3 Å². The molecule has 0 aromatic heterocycles. The highest BCUT2D eigenvalue weighted by molar-refractivity contribution is 6.05. The number of halogens is 3. The Morgan fingerprint density at radius 1 is 1.25 bits per heavy atom. The van der Waals surface area contributed by atoms with Crippen molar-refractivity contribution in [1.82, 2.24) is 0 Å². The van der Waals surface area contributed by atoms with E-state index < -0.39 is 11.7 Å². The topological polar surface area (TPSA) is 53.2 Å². The fourth-order valence-electron chi connectivity index (χ4n) is 2.05. The summed E-state index contributed by atoms with van der Waals surface area (Å²) in [6, 6.07) is 4.63. The maximum atomic E-state index is 12.7. The van der Waals surface area contributed by atoms with Gasteiger partial charge >= 0.3 is 6.18 Å². The molecular formula is C14H11F3N2O. The highest BCUT2D eigenvalue weighted by atomic mass is 19.4. The number of hydrogen-bond donors (Lipinski definition) is 0. The molecule has 0 bridgehead atoms. The van der Waals surface area contributed by atoms with Gasteiger partial charge in [0.1, 0.15) is 11.9 Å². The van der Waals surface area contributed by atoms with Crippen LogP contribution in [0.15, 0.2) is 23.2 Å². The smallest absolute Gasteiger partial charge is 0.299 e. The maximum absolute atomic E-state index is 12.7. The molecule has 6 heteroatoms. The maximum Gasteiger partial charge on any atom is 0.416 e. The predicted octanol–water partition coefficient (Wildman–Crippen LogP) is 3.79. The molecule has 2 rings (SSSR count). The van der Waals surface area contributed by atoms with E-state index >= 15 is 0 Å². The van der Waals surface area contributed by atoms with E-state index in [1.54, 1.807) is 0 Å². The third-order valence-corrected chi connectivity index (χ3v) is 3.05. The first-order chi connectivity index (χ1) is 9.40. The van der Waals surface area contributed by atoms with Gasteiger partial charge in [0, 0.05) is 18.6 Å². The molecule has 0 amide bonds. The molecule has 1 aromatic carbocycles. The van der Waals surface area contributed by atoms with Gasteiger partial charge in [0.15, 0.2) is 0 Å². The molecule has 3 nitrogen and oxygen atoms in total. The second kappa shape index (κ2) is 5.45. The third kappa shape index (κ3) is 3.23. The molecule has 0 atom stereocenters. The molecule has 0 unspecified atom stereocenters. The average Bonchev–Trinajstić information content (AvgIpc) is 2.37. The van der Waals surface area contributed by atoms with Crippen LogP contribution < -0.4 is 0 Å². The number of nitrogens with zero attached hydrogens (tertiary/aromatic N) is 2. The molecule has 0 aliphatic heterocycles. The molecule has 0 saturated heterocycles. The van der Waals surface area contributed by atoms with E-state index in [9.17, 15) is 18.0 Å². The van der Waals surface area contributed by atoms with E-state index in [2.05, 4.69) is 4.99 Å². The Balaban J connectivity index is 2.41. The quantitative estimate of drug-likeness (QED) is 0.785. The zero-order chi connectivity index (χ0) is 14.8. The van der Waals surface area contributed by atoms with Crippen molar-refractivity contribution < 1.29 is 18.0 Å². The largest absolute Gasteiger partial charge is 0.416 e. The van der Waals surface area contributed by atoms with Crippen LogP contribution in [0.2, 0.25) is 0 Å². The number of ketones is 1. The lowest BCUT2D eigenvalue weighted by Gasteiger charge is -2.13. The Kier molecular flexibility index (Phi) is 3.89. The molecule has 1 aliphatic carbocycles. The Morgan fingerprint density at radius 3 is 2.60 bits per heavy atom. The van der Waals surface area contributed by atoms with Gasteiger partial charge in [-0.2, -0.15) is 18.4 Å². The van der Waals surface area contributed by atoms with Crippen molar-refractivity contribution in [2.24, 2.45) is 4.99 Å². The predicted molar refractivity (Wildman–Crippen MR) is 66.7 cm³/mol. The molecule has 1 fully saturated rings. The Bertz CT molecular complexity index is 612. The molecule has 20 heavy (non-hydrogen) atoms. The fourth-order valence-corrected chi connectivity index (χ4v) is 2.05. The van der Waals surface area contributed by atoms with Gasteiger partial charge < -0.3 is 0 Å². The summed E-state index contributed by atoms with van der Waals surface area (Å²) in [7, 11) is 0. The van der Waals surface area contributed by atoms with Crippen molar-refractivity contribution in [2.45, 2.75) is 31.9 Å². The molecule has 1 saturated carbocycles. The standard InChI is InChI=1S/C14H11F3N2O/c15-14(16,17)10-5-4-9(8-18)13(6-10)19-11-2-1-3-12(20)7-11/h4-6H,1-3,7H2. The van der Waals surface area contributed by atoms with Gasteiger partial charge in [-0.1, -0.05) is 0 Å². The molecule has 0 N–H and O–H groups in total. The minimum atomic E-state index is -4.48. The third-order valence-electron chi connectivity index (χ3n) is 3.05. The van der Waals surface area contributed by atoms with Gasteiger partial charge in [0.05, 0.1) is 16.8 Å². The minimum absolute atomic E-state index is 0.0213. The number of hydrogen-bond acceptors (Lipinski definition) is 3. The summed E-state index contributed by atoms with van der Waals surface area (Å²) in [6.07, 6.45) is -2.62. The lowest BCUT2D eigenvalue weighted by molar-refractivity contribution is -0.137. The number of carbonyl (C=O) groups excluding carboxylic acids is 1. The van der Waals surface area contributed by atoms with Crippen molar-refractivity contribution >= 4 is 17.2 Å². The number of aliphatic imine (C=N–C) groups is 1. The highest BCUT2D eigenvalue weighted by Gasteiger charge is 2.31. The van der Waals surface area contributed by atoms with Gasteiger partial charge in [-0.15, -0.1) is 0 Å². The van der Waals surface area contributed by atoms with Crippen molar-refractivity contribution in [2.75, 3.05) is 0 Å². The normalized spacial score (nSPS) is 18.1. The van der Waals surface area contributed by atoms with Gasteiger partial charge in [-0.25, -0.2) is 0 Å². The van der Waals surface area contributed by atoms with E-state index in [-0.39, 0.29) is 23.5 Å². The molecule has 0 spiro atoms. The lowest BCUT2D eigenvalue weighted by Crippen LogP contribution is -2.14. The second-order valence-electron chi connectivity index (χ2n) is 4.59. The lowest BCUT2D eigenvalue weighted by atomic mass is 9.97. The summed E-state index contributed by atoms with van der Waals surface area (Å²) in [5, 5.41) is 8.93. The first-order valence-electron chi connectivity index (χ1n) is 6.09. The Hall–Kier alpha value is -2.16. The van der Waals surface area contributed by atoms with Crippen molar-refractivity contribution in [3.05, 3.63) is 29.3 Å². The van der Waals surface area contributed by atoms with Crippen LogP contribution in [0.3, 0.4) is 0 Å². The fraction of sp³-hybridized carbons (Fsp3) is 0.357. The first kappa shape index (κ1) is 14.3. The zero-order valence-corrected chi connectivity index (χ0v) is 10.5. The van der Waals surface area contributed by atoms with E-state index in [0.717, 1.165) is 18.2 Å². The molecular weight excluding hydrogens is 269 g/mol. The van der Waals surface area contributed by atoms with E-state index in [0.29, 0.717) is 25.0 Å². The summed E-state index contributed by atoms with van der Waals surface area (Å²) in [5.74, 6) is 0.0282. The number of Topliss-reactive ketones (excluding diaryl/α,β-unsaturated/α-hetero) is 1. The first-order valence-corrected chi connectivity index (χ1v) is 6.09. The second-order valence-corrected chi connectivity index (χ2v) is 4.59. The summed E-state index contributed by atoms with van der Waals surface area (Å²) in [5.41, 5.74) is -0.259. The number of nitriles is 1. The SMILES string of the molecule is N#Cc1ccc(C(F)(F)F)cc1N=C1CCCC(=O)C1. The van der Waals surface area contributed by atoms with Crippen LogP contribution in [0.5, 0.6) is 0 Å². The summed E-state index contributed by atoms with van der Waals surface area (Å²) >= 11 is 0. The molecule has 104 valence electrons. The van der Waals surface area contributed by atoms with Crippen LogP contribution in [0.4, 0.5) is 18.9 Å². The number of benzene rings is 1. The summed E-state index contributed by atoms with van der Waals surface area (Å²) < 4.78 is 38.0. The molecule has 1 aliphatic rings. The van der Waals surface area contributed by atoms with Crippen molar-refractivity contribution in [3.8, 4) is 6.07 Å². The summed E-state index contributed by atoms with van der Waals surface area (Å²) in [4.78, 5) is 15.4. The van der Waals surface area contributed by atoms with E-state index in [4.69, 9.17) is 5.26 Å². The Morgan fingerprint density at radius 2 is 2.00 bits per heavy atom.